The first-order chi connectivity index (χ1) is 18.7. The molecule has 1 aliphatic carbocycles. The fourth-order valence-corrected chi connectivity index (χ4v) is 8.47. The minimum absolute atomic E-state index is 0.296. The maximum Gasteiger partial charge on any atom is 0.534 e. The second kappa shape index (κ2) is 9.40. The van der Waals surface area contributed by atoms with E-state index in [4.69, 9.17) is 0 Å². The molecule has 2 N–H and O–H groups in total. The molecule has 0 aromatic heterocycles. The first kappa shape index (κ1) is 29.7. The van der Waals surface area contributed by atoms with Crippen LogP contribution in [0.1, 0.15) is 31.8 Å². The smallest absolute Gasteiger partial charge is 0.478 e. The van der Waals surface area contributed by atoms with E-state index in [-0.39, 0.29) is 0 Å². The van der Waals surface area contributed by atoms with Crippen molar-refractivity contribution in [2.75, 3.05) is 0 Å². The molecule has 17 heteroatoms. The van der Waals surface area contributed by atoms with Crippen molar-refractivity contribution < 1.29 is 67.9 Å². The molecule has 2 aliphatic rings. The zero-order chi connectivity index (χ0) is 31.0. The van der Waals surface area contributed by atoms with Crippen LogP contribution in [-0.4, -0.2) is 49.9 Å². The number of fused-ring (bicyclic) bond motifs is 2. The fourth-order valence-electron chi connectivity index (χ4n) is 4.68. The average Bonchev–Trinajstić information content (AvgIpc) is 2.83. The summed E-state index contributed by atoms with van der Waals surface area (Å²) in [6.45, 7) is 2.27. The predicted molar refractivity (Wildman–Crippen MR) is 128 cm³/mol. The van der Waals surface area contributed by atoms with Gasteiger partial charge in [-0.05, 0) is 56.9 Å². The maximum atomic E-state index is 15.9. The SMILES string of the molecule is C[Si]1(C)C2=C(F)C(=O)C(F)=CC2=C(c2ccc(C(=O)O)cc2C(=O)O)c2cc(F)c(OS(=O)(=O)C(F)(F)F)c(F)c21. The van der Waals surface area contributed by atoms with Crippen molar-refractivity contribution in [3.8, 4) is 5.75 Å². The minimum atomic E-state index is -6.62. The molecule has 1 heterocycles. The lowest BCUT2D eigenvalue weighted by molar-refractivity contribution is -0.115. The Kier molecular flexibility index (Phi) is 6.82. The number of carbonyl (C=O) groups is 3. The Hall–Kier alpha value is -4.25. The van der Waals surface area contributed by atoms with E-state index in [1.54, 1.807) is 0 Å². The van der Waals surface area contributed by atoms with Gasteiger partial charge < -0.3 is 14.4 Å². The normalized spacial score (nSPS) is 16.7. The lowest BCUT2D eigenvalue weighted by atomic mass is 9.86. The topological polar surface area (TPSA) is 135 Å². The quantitative estimate of drug-likeness (QED) is 0.215. The highest BCUT2D eigenvalue weighted by molar-refractivity contribution is 7.88. The molecule has 0 atom stereocenters. The molecule has 2 aromatic carbocycles. The Bertz CT molecular complexity index is 1800. The molecule has 1 aliphatic heterocycles. The molecule has 41 heavy (non-hydrogen) atoms. The summed E-state index contributed by atoms with van der Waals surface area (Å²) in [7, 11) is -10.7. The van der Waals surface area contributed by atoms with Gasteiger partial charge in [0.15, 0.2) is 23.3 Å². The third-order valence-electron chi connectivity index (χ3n) is 6.38. The number of allylic oxidation sites excluding steroid dienone is 5. The van der Waals surface area contributed by atoms with Crippen LogP contribution in [0, 0.1) is 11.6 Å². The molecule has 0 fully saturated rings. The lowest BCUT2D eigenvalue weighted by Crippen LogP contribution is -2.52. The van der Waals surface area contributed by atoms with Crippen LogP contribution in [0.4, 0.5) is 30.7 Å². The molecule has 0 bridgehead atoms. The molecular formula is C24H13F7O8SSi. The summed E-state index contributed by atoms with van der Waals surface area (Å²) >= 11 is 0. The van der Waals surface area contributed by atoms with Crippen LogP contribution >= 0.6 is 0 Å². The maximum absolute atomic E-state index is 15.9. The molecule has 2 aromatic rings. The van der Waals surface area contributed by atoms with E-state index >= 15 is 13.2 Å². The first-order valence-corrected chi connectivity index (χ1v) is 15.3. The summed E-state index contributed by atoms with van der Waals surface area (Å²) in [5, 5.41) is 17.6. The van der Waals surface area contributed by atoms with E-state index in [2.05, 4.69) is 4.18 Å². The Morgan fingerprint density at radius 2 is 1.56 bits per heavy atom. The van der Waals surface area contributed by atoms with Gasteiger partial charge >= 0.3 is 27.6 Å². The second-order valence-electron chi connectivity index (χ2n) is 9.20. The van der Waals surface area contributed by atoms with Crippen LogP contribution in [-0.2, 0) is 14.9 Å². The number of carboxylic acid groups (broad SMARTS) is 2. The monoisotopic (exact) mass is 622 g/mol. The van der Waals surface area contributed by atoms with Gasteiger partial charge in [0.2, 0.25) is 11.5 Å². The van der Waals surface area contributed by atoms with Gasteiger partial charge in [-0.3, -0.25) is 4.79 Å². The number of alkyl halides is 3. The molecular weight excluding hydrogens is 609 g/mol. The van der Waals surface area contributed by atoms with E-state index in [1.165, 1.54) is 0 Å². The number of carbonyl (C=O) groups excluding carboxylic acids is 1. The number of aromatic carboxylic acids is 2. The number of rotatable bonds is 5. The number of benzene rings is 2. The summed E-state index contributed by atoms with van der Waals surface area (Å²) in [4.78, 5) is 35.7. The Morgan fingerprint density at radius 1 is 0.951 bits per heavy atom. The van der Waals surface area contributed by atoms with E-state index in [0.29, 0.717) is 18.2 Å². The van der Waals surface area contributed by atoms with Crippen LogP contribution < -0.4 is 9.37 Å². The highest BCUT2D eigenvalue weighted by Gasteiger charge is 2.51. The van der Waals surface area contributed by atoms with Gasteiger partial charge in [-0.25, -0.2) is 27.2 Å². The van der Waals surface area contributed by atoms with Crippen molar-refractivity contribution in [2.24, 2.45) is 0 Å². The second-order valence-corrected chi connectivity index (χ2v) is 15.0. The summed E-state index contributed by atoms with van der Waals surface area (Å²) in [5.74, 6) is -14.7. The molecule has 0 amide bonds. The Labute approximate surface area is 225 Å². The van der Waals surface area contributed by atoms with Crippen molar-refractivity contribution in [1.82, 2.24) is 0 Å². The van der Waals surface area contributed by atoms with Gasteiger partial charge in [0.25, 0.3) is 0 Å². The zero-order valence-electron chi connectivity index (χ0n) is 20.3. The van der Waals surface area contributed by atoms with Gasteiger partial charge in [-0.15, -0.1) is 0 Å². The van der Waals surface area contributed by atoms with Crippen LogP contribution in [0.5, 0.6) is 5.75 Å². The van der Waals surface area contributed by atoms with Crippen molar-refractivity contribution in [2.45, 2.75) is 18.6 Å². The molecule has 0 unspecified atom stereocenters. The van der Waals surface area contributed by atoms with Gasteiger partial charge in [0, 0.05) is 0 Å². The number of ketones is 1. The fraction of sp³-hybridized carbons (Fsp3) is 0.125. The van der Waals surface area contributed by atoms with E-state index < -0.39 is 114 Å². The van der Waals surface area contributed by atoms with E-state index in [0.717, 1.165) is 25.2 Å². The van der Waals surface area contributed by atoms with Gasteiger partial charge in [0.05, 0.1) is 11.1 Å². The molecule has 216 valence electrons. The Morgan fingerprint density at radius 3 is 2.10 bits per heavy atom. The molecule has 0 saturated carbocycles. The van der Waals surface area contributed by atoms with Gasteiger partial charge in [-0.1, -0.05) is 19.2 Å². The summed E-state index contributed by atoms with van der Waals surface area (Å²) in [5.41, 5.74) is -9.86. The number of carboxylic acids is 2. The summed E-state index contributed by atoms with van der Waals surface area (Å²) in [6.07, 6.45) is 0.485. The number of hydrogen-bond acceptors (Lipinski definition) is 6. The zero-order valence-corrected chi connectivity index (χ0v) is 22.1. The Balaban J connectivity index is 2.21. The highest BCUT2D eigenvalue weighted by Crippen LogP contribution is 2.47. The first-order valence-electron chi connectivity index (χ1n) is 10.9. The molecule has 8 nitrogen and oxygen atoms in total. The lowest BCUT2D eigenvalue weighted by Gasteiger charge is -2.38. The van der Waals surface area contributed by atoms with Crippen molar-refractivity contribution in [1.29, 1.82) is 0 Å². The van der Waals surface area contributed by atoms with Crippen LogP contribution in [0.3, 0.4) is 0 Å². The van der Waals surface area contributed by atoms with Gasteiger partial charge in [-0.2, -0.15) is 21.6 Å². The van der Waals surface area contributed by atoms with E-state index in [9.17, 15) is 50.6 Å². The van der Waals surface area contributed by atoms with Crippen molar-refractivity contribution >= 4 is 46.7 Å². The molecule has 0 saturated heterocycles. The van der Waals surface area contributed by atoms with Crippen LogP contribution in [0.25, 0.3) is 5.57 Å². The molecule has 0 spiro atoms. The largest absolute Gasteiger partial charge is 0.534 e. The number of hydrogen-bond donors (Lipinski definition) is 2. The summed E-state index contributed by atoms with van der Waals surface area (Å²) < 4.78 is 127. The minimum Gasteiger partial charge on any atom is -0.478 e. The van der Waals surface area contributed by atoms with Crippen molar-refractivity contribution in [3.05, 3.63) is 86.7 Å². The number of halogens is 7. The van der Waals surface area contributed by atoms with Crippen LogP contribution in [0.15, 0.2) is 52.8 Å². The number of Topliss-reactive ketones (excluding diaryl/α,β-unsaturated/α-hetero) is 1. The highest BCUT2D eigenvalue weighted by atomic mass is 32.2. The van der Waals surface area contributed by atoms with Gasteiger partial charge in [0.1, 0.15) is 8.07 Å². The summed E-state index contributed by atoms with van der Waals surface area (Å²) in [6, 6.07) is 2.65. The average molecular weight is 622 g/mol. The van der Waals surface area contributed by atoms with Crippen LogP contribution in [0.2, 0.25) is 13.1 Å². The molecule has 4 rings (SSSR count). The predicted octanol–water partition coefficient (Wildman–Crippen LogP) is 4.52. The third-order valence-corrected chi connectivity index (χ3v) is 10.8. The standard InChI is InChI=1S/C24H13F7O8SSi/c1-41(2)20-11(6-13(25)18(32)16(20)27)15(9-4-3-8(22(33)34)5-10(9)23(35)36)12-7-14(26)19(17(28)21(12)41)39-40(37,38)24(29,30)31/h3-7H,1-2H3,(H,33,34)(H,35,36). The molecule has 0 radical (unpaired) electrons. The van der Waals surface area contributed by atoms with E-state index in [1.807, 2.05) is 0 Å². The third kappa shape index (κ3) is 4.53. The van der Waals surface area contributed by atoms with Crippen molar-refractivity contribution in [3.63, 3.8) is 0 Å².